The maximum Gasteiger partial charge on any atom is 0.255 e. The minimum Gasteiger partial charge on any atom is -0.350 e. The second-order valence-corrected chi connectivity index (χ2v) is 6.85. The molecule has 0 unspecified atom stereocenters. The number of nitrogens with zero attached hydrogens (tertiary/aromatic N) is 1. The molecule has 0 aliphatic rings. The molecule has 0 atom stereocenters. The smallest absolute Gasteiger partial charge is 0.255 e. The first-order chi connectivity index (χ1) is 9.65. The number of amides is 2. The van der Waals surface area contributed by atoms with E-state index in [-0.39, 0.29) is 23.9 Å². The van der Waals surface area contributed by atoms with E-state index in [0.29, 0.717) is 12.1 Å². The third-order valence-corrected chi connectivity index (χ3v) is 3.99. The highest BCUT2D eigenvalue weighted by Crippen LogP contribution is 2.22. The molecule has 0 spiro atoms. The van der Waals surface area contributed by atoms with Gasteiger partial charge in [0.1, 0.15) is 0 Å². The summed E-state index contributed by atoms with van der Waals surface area (Å²) in [4.78, 5) is 26.1. The topological polar surface area (TPSA) is 49.4 Å². The van der Waals surface area contributed by atoms with Crippen molar-refractivity contribution in [1.29, 1.82) is 0 Å². The minimum atomic E-state index is -0.302. The number of aryl methyl sites for hydroxylation is 1. The molecule has 0 heterocycles. The largest absolute Gasteiger partial charge is 0.350 e. The number of hydrogen-bond acceptors (Lipinski definition) is 2. The minimum absolute atomic E-state index is 0.0625. The lowest BCUT2D eigenvalue weighted by Gasteiger charge is -2.25. The van der Waals surface area contributed by atoms with E-state index in [1.165, 1.54) is 0 Å². The van der Waals surface area contributed by atoms with Crippen LogP contribution in [0, 0.1) is 6.92 Å². The van der Waals surface area contributed by atoms with Gasteiger partial charge in [-0.15, -0.1) is 0 Å². The fraction of sp³-hybridized carbons (Fsp3) is 0.500. The van der Waals surface area contributed by atoms with Crippen LogP contribution in [0.5, 0.6) is 0 Å². The van der Waals surface area contributed by atoms with Crippen LogP contribution in [0.1, 0.15) is 43.6 Å². The summed E-state index contributed by atoms with van der Waals surface area (Å²) >= 11 is 3.45. The van der Waals surface area contributed by atoms with E-state index in [4.69, 9.17) is 0 Å². The van der Waals surface area contributed by atoms with E-state index in [1.807, 2.05) is 46.8 Å². The number of benzene rings is 1. The Balaban J connectivity index is 2.87. The van der Waals surface area contributed by atoms with Crippen LogP contribution in [-0.2, 0) is 4.79 Å². The Kier molecular flexibility index (Phi) is 5.96. The van der Waals surface area contributed by atoms with E-state index in [0.717, 1.165) is 10.0 Å². The Morgan fingerprint density at radius 1 is 1.29 bits per heavy atom. The third kappa shape index (κ3) is 5.16. The molecule has 0 radical (unpaired) electrons. The Bertz CT molecular complexity index is 536. The molecule has 1 aromatic rings. The molecule has 5 heteroatoms. The van der Waals surface area contributed by atoms with Crippen molar-refractivity contribution in [2.75, 3.05) is 13.1 Å². The van der Waals surface area contributed by atoms with E-state index in [2.05, 4.69) is 21.2 Å². The first kappa shape index (κ1) is 17.7. The second kappa shape index (κ2) is 7.07. The highest BCUT2D eigenvalue weighted by atomic mass is 79.9. The molecule has 0 aliphatic heterocycles. The van der Waals surface area contributed by atoms with E-state index in [9.17, 15) is 9.59 Å². The Labute approximate surface area is 135 Å². The zero-order valence-electron chi connectivity index (χ0n) is 13.3. The molecule has 0 bridgehead atoms. The highest BCUT2D eigenvalue weighted by molar-refractivity contribution is 9.10. The Morgan fingerprint density at radius 2 is 1.90 bits per heavy atom. The van der Waals surface area contributed by atoms with Gasteiger partial charge in [0.2, 0.25) is 5.91 Å². The van der Waals surface area contributed by atoms with Gasteiger partial charge in [0.05, 0.1) is 12.1 Å². The van der Waals surface area contributed by atoms with Crippen LogP contribution in [-0.4, -0.2) is 35.3 Å². The predicted molar refractivity (Wildman–Crippen MR) is 88.4 cm³/mol. The molecular formula is C16H23BrN2O2. The zero-order chi connectivity index (χ0) is 16.2. The van der Waals surface area contributed by atoms with Crippen molar-refractivity contribution in [1.82, 2.24) is 10.2 Å². The molecule has 0 aromatic heterocycles. The lowest BCUT2D eigenvalue weighted by molar-refractivity contribution is -0.123. The molecule has 116 valence electrons. The predicted octanol–water partition coefficient (Wildman–Crippen LogP) is 3.13. The van der Waals surface area contributed by atoms with Gasteiger partial charge in [-0.05, 0) is 62.2 Å². The summed E-state index contributed by atoms with van der Waals surface area (Å²) in [5.74, 6) is -0.293. The monoisotopic (exact) mass is 354 g/mol. The van der Waals surface area contributed by atoms with Crippen LogP contribution in [0.3, 0.4) is 0 Å². The van der Waals surface area contributed by atoms with Crippen molar-refractivity contribution >= 4 is 27.7 Å². The van der Waals surface area contributed by atoms with Crippen LogP contribution >= 0.6 is 15.9 Å². The van der Waals surface area contributed by atoms with Crippen molar-refractivity contribution in [2.24, 2.45) is 0 Å². The summed E-state index contributed by atoms with van der Waals surface area (Å²) in [5, 5.41) is 2.87. The van der Waals surface area contributed by atoms with Gasteiger partial charge in [-0.1, -0.05) is 12.1 Å². The van der Waals surface area contributed by atoms with Gasteiger partial charge < -0.3 is 10.2 Å². The Morgan fingerprint density at radius 3 is 2.43 bits per heavy atom. The fourth-order valence-electron chi connectivity index (χ4n) is 1.94. The standard InChI is InChI=1S/C16H23BrN2O2/c1-6-19(10-13(20)18-16(3,4)5)15(21)12-9-7-8-11(2)14(12)17/h7-9H,6,10H2,1-5H3,(H,18,20). The quantitative estimate of drug-likeness (QED) is 0.902. The van der Waals surface area contributed by atoms with Crippen molar-refractivity contribution in [3.8, 4) is 0 Å². The summed E-state index contributed by atoms with van der Waals surface area (Å²) in [6, 6.07) is 5.55. The van der Waals surface area contributed by atoms with E-state index >= 15 is 0 Å². The summed E-state index contributed by atoms with van der Waals surface area (Å²) in [6.45, 7) is 10.1. The highest BCUT2D eigenvalue weighted by Gasteiger charge is 2.22. The molecule has 21 heavy (non-hydrogen) atoms. The van der Waals surface area contributed by atoms with E-state index in [1.54, 1.807) is 11.0 Å². The first-order valence-electron chi connectivity index (χ1n) is 7.01. The van der Waals surface area contributed by atoms with Gasteiger partial charge in [-0.25, -0.2) is 0 Å². The number of carbonyl (C=O) groups excluding carboxylic acids is 2. The number of halogens is 1. The molecule has 0 aliphatic carbocycles. The second-order valence-electron chi connectivity index (χ2n) is 6.05. The molecule has 0 saturated heterocycles. The van der Waals surface area contributed by atoms with Gasteiger partial charge in [0.25, 0.3) is 5.91 Å². The molecule has 1 aromatic carbocycles. The molecule has 0 saturated carbocycles. The number of rotatable bonds is 4. The van der Waals surface area contributed by atoms with Crippen molar-refractivity contribution < 1.29 is 9.59 Å². The van der Waals surface area contributed by atoms with Gasteiger partial charge in [0.15, 0.2) is 0 Å². The van der Waals surface area contributed by atoms with E-state index < -0.39 is 0 Å². The number of nitrogens with one attached hydrogen (secondary N) is 1. The van der Waals surface area contributed by atoms with Gasteiger partial charge >= 0.3 is 0 Å². The zero-order valence-corrected chi connectivity index (χ0v) is 14.9. The lowest BCUT2D eigenvalue weighted by atomic mass is 10.1. The number of likely N-dealkylation sites (N-methyl/N-ethyl adjacent to an activating group) is 1. The summed E-state index contributed by atoms with van der Waals surface area (Å²) in [6.07, 6.45) is 0. The summed E-state index contributed by atoms with van der Waals surface area (Å²) < 4.78 is 0.782. The maximum atomic E-state index is 12.6. The molecule has 1 rings (SSSR count). The molecule has 0 fully saturated rings. The average molecular weight is 355 g/mol. The van der Waals surface area contributed by atoms with Crippen LogP contribution in [0.4, 0.5) is 0 Å². The molecule has 4 nitrogen and oxygen atoms in total. The third-order valence-electron chi connectivity index (χ3n) is 2.94. The maximum absolute atomic E-state index is 12.6. The molecule has 1 N–H and O–H groups in total. The fourth-order valence-corrected chi connectivity index (χ4v) is 2.38. The van der Waals surface area contributed by atoms with Gasteiger partial charge in [0, 0.05) is 16.6 Å². The van der Waals surface area contributed by atoms with Gasteiger partial charge in [-0.2, -0.15) is 0 Å². The molecular weight excluding hydrogens is 332 g/mol. The number of carbonyl (C=O) groups is 2. The van der Waals surface area contributed by atoms with Crippen LogP contribution < -0.4 is 5.32 Å². The van der Waals surface area contributed by atoms with Crippen LogP contribution in [0.25, 0.3) is 0 Å². The average Bonchev–Trinajstić information content (AvgIpc) is 2.36. The van der Waals surface area contributed by atoms with Crippen LogP contribution in [0.2, 0.25) is 0 Å². The normalized spacial score (nSPS) is 11.1. The summed E-state index contributed by atoms with van der Waals surface area (Å²) in [5.41, 5.74) is 1.28. The van der Waals surface area contributed by atoms with Crippen molar-refractivity contribution in [2.45, 2.75) is 40.2 Å². The first-order valence-corrected chi connectivity index (χ1v) is 7.80. The van der Waals surface area contributed by atoms with Crippen LogP contribution in [0.15, 0.2) is 22.7 Å². The lowest BCUT2D eigenvalue weighted by Crippen LogP contribution is -2.47. The van der Waals surface area contributed by atoms with Crippen molar-refractivity contribution in [3.05, 3.63) is 33.8 Å². The Hall–Kier alpha value is -1.36. The summed E-state index contributed by atoms with van der Waals surface area (Å²) in [7, 11) is 0. The molecule has 2 amide bonds. The van der Waals surface area contributed by atoms with Crippen molar-refractivity contribution in [3.63, 3.8) is 0 Å². The number of hydrogen-bond donors (Lipinski definition) is 1. The SMILES string of the molecule is CCN(CC(=O)NC(C)(C)C)C(=O)c1cccc(C)c1Br. The van der Waals surface area contributed by atoms with Gasteiger partial charge in [-0.3, -0.25) is 9.59 Å².